The number of morpholine rings is 1. The van der Waals surface area contributed by atoms with Crippen LogP contribution < -0.4 is 5.73 Å². The molecule has 0 saturated carbocycles. The van der Waals surface area contributed by atoms with Gasteiger partial charge in [0, 0.05) is 24.2 Å². The first kappa shape index (κ1) is 13.4. The van der Waals surface area contributed by atoms with Gasteiger partial charge in [0.25, 0.3) is 5.91 Å². The molecule has 1 heterocycles. The molecule has 1 aromatic rings. The van der Waals surface area contributed by atoms with Crippen molar-refractivity contribution in [3.8, 4) is 0 Å². The van der Waals surface area contributed by atoms with Gasteiger partial charge in [-0.3, -0.25) is 4.79 Å². The second-order valence-corrected chi connectivity index (χ2v) is 4.50. The maximum Gasteiger partial charge on any atom is 0.254 e. The van der Waals surface area contributed by atoms with Crippen LogP contribution in [-0.2, 0) is 4.74 Å². The van der Waals surface area contributed by atoms with Crippen LogP contribution in [0.1, 0.15) is 22.8 Å². The molecule has 0 spiro atoms. The smallest absolute Gasteiger partial charge is 0.254 e. The Morgan fingerprint density at radius 2 is 2.26 bits per heavy atom. The highest BCUT2D eigenvalue weighted by molar-refractivity contribution is 6.01. The molecular formula is C13H17N3O3. The second kappa shape index (κ2) is 5.71. The number of nitrogens with two attached hydrogens (primary N) is 1. The van der Waals surface area contributed by atoms with Gasteiger partial charge in [0.1, 0.15) is 0 Å². The summed E-state index contributed by atoms with van der Waals surface area (Å²) in [5.41, 5.74) is 6.57. The average molecular weight is 263 g/mol. The van der Waals surface area contributed by atoms with Crippen molar-refractivity contribution < 1.29 is 14.7 Å². The average Bonchev–Trinajstić information content (AvgIpc) is 2.45. The number of amidine groups is 1. The van der Waals surface area contributed by atoms with E-state index in [1.54, 1.807) is 29.2 Å². The molecule has 0 aromatic heterocycles. The number of rotatable bonds is 2. The van der Waals surface area contributed by atoms with Gasteiger partial charge >= 0.3 is 0 Å². The summed E-state index contributed by atoms with van der Waals surface area (Å²) in [5, 5.41) is 11.6. The number of nitrogens with zero attached hydrogens (tertiary/aromatic N) is 2. The van der Waals surface area contributed by atoms with Gasteiger partial charge < -0.3 is 20.6 Å². The number of ether oxygens (including phenoxy) is 1. The molecule has 102 valence electrons. The van der Waals surface area contributed by atoms with Gasteiger partial charge in [0.2, 0.25) is 0 Å². The van der Waals surface area contributed by atoms with E-state index >= 15 is 0 Å². The zero-order valence-corrected chi connectivity index (χ0v) is 10.7. The Labute approximate surface area is 111 Å². The second-order valence-electron chi connectivity index (χ2n) is 4.50. The third-order valence-electron chi connectivity index (χ3n) is 3.04. The third kappa shape index (κ3) is 3.03. The highest BCUT2D eigenvalue weighted by Gasteiger charge is 2.22. The van der Waals surface area contributed by atoms with Crippen LogP contribution >= 0.6 is 0 Å². The molecule has 19 heavy (non-hydrogen) atoms. The molecule has 6 nitrogen and oxygen atoms in total. The molecule has 0 bridgehead atoms. The zero-order valence-electron chi connectivity index (χ0n) is 10.7. The van der Waals surface area contributed by atoms with E-state index in [2.05, 4.69) is 5.16 Å². The minimum Gasteiger partial charge on any atom is -0.409 e. The molecule has 1 aliphatic heterocycles. The van der Waals surface area contributed by atoms with Crippen molar-refractivity contribution in [1.29, 1.82) is 0 Å². The maximum absolute atomic E-state index is 12.3. The summed E-state index contributed by atoms with van der Waals surface area (Å²) in [6.07, 6.45) is 0.0463. The molecule has 1 saturated heterocycles. The summed E-state index contributed by atoms with van der Waals surface area (Å²) in [6, 6.07) is 6.74. The Morgan fingerprint density at radius 1 is 1.53 bits per heavy atom. The van der Waals surface area contributed by atoms with Crippen molar-refractivity contribution in [2.75, 3.05) is 19.7 Å². The molecule has 6 heteroatoms. The Bertz CT molecular complexity index is 502. The number of hydrogen-bond donors (Lipinski definition) is 2. The number of amides is 1. The standard InChI is InChI=1S/C13H17N3O3/c1-9-8-16(5-6-19-9)13(17)11-4-2-3-10(7-11)12(14)15-18/h2-4,7,9,18H,5-6,8H2,1H3,(H2,14,15). The van der Waals surface area contributed by atoms with Crippen LogP contribution in [0.25, 0.3) is 0 Å². The van der Waals surface area contributed by atoms with Crippen molar-refractivity contribution in [2.45, 2.75) is 13.0 Å². The quantitative estimate of drug-likeness (QED) is 0.355. The first-order valence-corrected chi connectivity index (χ1v) is 6.10. The van der Waals surface area contributed by atoms with Crippen molar-refractivity contribution in [1.82, 2.24) is 4.90 Å². The molecule has 1 aromatic carbocycles. The lowest BCUT2D eigenvalue weighted by atomic mass is 10.1. The van der Waals surface area contributed by atoms with Crippen LogP contribution in [0.15, 0.2) is 29.4 Å². The normalized spacial score (nSPS) is 20.4. The van der Waals surface area contributed by atoms with Gasteiger partial charge in [-0.25, -0.2) is 0 Å². The van der Waals surface area contributed by atoms with Crippen LogP contribution in [0.3, 0.4) is 0 Å². The summed E-state index contributed by atoms with van der Waals surface area (Å²) in [5.74, 6) is -0.0762. The van der Waals surface area contributed by atoms with Gasteiger partial charge in [0.15, 0.2) is 5.84 Å². The molecule has 0 aliphatic carbocycles. The number of benzene rings is 1. The molecule has 3 N–H and O–H groups in total. The molecule has 1 amide bonds. The fourth-order valence-electron chi connectivity index (χ4n) is 2.05. The zero-order chi connectivity index (χ0) is 13.8. The van der Waals surface area contributed by atoms with Crippen LogP contribution in [0.2, 0.25) is 0 Å². The summed E-state index contributed by atoms with van der Waals surface area (Å²) in [7, 11) is 0. The predicted octanol–water partition coefficient (Wildman–Crippen LogP) is 0.642. The molecule has 2 rings (SSSR count). The lowest BCUT2D eigenvalue weighted by Crippen LogP contribution is -2.44. The Hall–Kier alpha value is -2.08. The van der Waals surface area contributed by atoms with Crippen LogP contribution in [-0.4, -0.2) is 47.7 Å². The summed E-state index contributed by atoms with van der Waals surface area (Å²) in [6.45, 7) is 3.64. The van der Waals surface area contributed by atoms with E-state index in [-0.39, 0.29) is 17.8 Å². The van der Waals surface area contributed by atoms with Gasteiger partial charge in [-0.2, -0.15) is 0 Å². The van der Waals surface area contributed by atoms with E-state index in [9.17, 15) is 4.79 Å². The maximum atomic E-state index is 12.3. The Morgan fingerprint density at radius 3 is 2.95 bits per heavy atom. The third-order valence-corrected chi connectivity index (χ3v) is 3.04. The van der Waals surface area contributed by atoms with E-state index in [0.717, 1.165) is 0 Å². The van der Waals surface area contributed by atoms with Crippen molar-refractivity contribution in [3.63, 3.8) is 0 Å². The van der Waals surface area contributed by atoms with Crippen molar-refractivity contribution in [3.05, 3.63) is 35.4 Å². The number of carbonyl (C=O) groups is 1. The van der Waals surface area contributed by atoms with Crippen molar-refractivity contribution in [2.24, 2.45) is 10.9 Å². The minimum absolute atomic E-state index is 0.00926. The molecule has 1 fully saturated rings. The van der Waals surface area contributed by atoms with Crippen molar-refractivity contribution >= 4 is 11.7 Å². The molecule has 0 radical (unpaired) electrons. The van der Waals surface area contributed by atoms with E-state index < -0.39 is 0 Å². The van der Waals surface area contributed by atoms with Gasteiger partial charge in [-0.1, -0.05) is 17.3 Å². The topological polar surface area (TPSA) is 88.2 Å². The molecular weight excluding hydrogens is 246 g/mol. The van der Waals surface area contributed by atoms with Gasteiger partial charge in [0.05, 0.1) is 12.7 Å². The number of oxime groups is 1. The van der Waals surface area contributed by atoms with E-state index in [0.29, 0.717) is 30.8 Å². The highest BCUT2D eigenvalue weighted by atomic mass is 16.5. The summed E-state index contributed by atoms with van der Waals surface area (Å²) < 4.78 is 5.41. The first-order valence-electron chi connectivity index (χ1n) is 6.10. The Balaban J connectivity index is 2.19. The monoisotopic (exact) mass is 263 g/mol. The van der Waals surface area contributed by atoms with E-state index in [1.807, 2.05) is 6.92 Å². The van der Waals surface area contributed by atoms with E-state index in [4.69, 9.17) is 15.7 Å². The summed E-state index contributed by atoms with van der Waals surface area (Å²) >= 11 is 0. The molecule has 1 aliphatic rings. The summed E-state index contributed by atoms with van der Waals surface area (Å²) in [4.78, 5) is 14.1. The van der Waals surface area contributed by atoms with Crippen LogP contribution in [0.5, 0.6) is 0 Å². The van der Waals surface area contributed by atoms with Gasteiger partial charge in [-0.15, -0.1) is 0 Å². The Kier molecular flexibility index (Phi) is 4.01. The van der Waals surface area contributed by atoms with Crippen LogP contribution in [0.4, 0.5) is 0 Å². The largest absolute Gasteiger partial charge is 0.409 e. The minimum atomic E-state index is -0.0669. The number of hydrogen-bond acceptors (Lipinski definition) is 4. The first-order chi connectivity index (χ1) is 9.11. The lowest BCUT2D eigenvalue weighted by molar-refractivity contribution is -0.0124. The number of carbonyl (C=O) groups excluding carboxylic acids is 1. The molecule has 1 atom stereocenters. The fourth-order valence-corrected chi connectivity index (χ4v) is 2.05. The fraction of sp³-hybridized carbons (Fsp3) is 0.385. The predicted molar refractivity (Wildman–Crippen MR) is 70.3 cm³/mol. The lowest BCUT2D eigenvalue weighted by Gasteiger charge is -2.31. The SMILES string of the molecule is CC1CN(C(=O)c2cccc(/C(N)=N/O)c2)CCO1. The van der Waals surface area contributed by atoms with Gasteiger partial charge in [-0.05, 0) is 19.1 Å². The molecule has 1 unspecified atom stereocenters. The van der Waals surface area contributed by atoms with E-state index in [1.165, 1.54) is 0 Å². The highest BCUT2D eigenvalue weighted by Crippen LogP contribution is 2.12. The van der Waals surface area contributed by atoms with Crippen LogP contribution in [0, 0.1) is 0 Å².